The first-order valence-corrected chi connectivity index (χ1v) is 8.07. The van der Waals surface area contributed by atoms with E-state index in [9.17, 15) is 0 Å². The van der Waals surface area contributed by atoms with E-state index in [1.54, 1.807) is 0 Å². The van der Waals surface area contributed by atoms with Gasteiger partial charge in [0.2, 0.25) is 5.95 Å². The Morgan fingerprint density at radius 1 is 1.29 bits per heavy atom. The number of nitrogens with one attached hydrogen (secondary N) is 1. The molecule has 1 aliphatic rings. The zero-order valence-electron chi connectivity index (χ0n) is 13.5. The van der Waals surface area contributed by atoms with Crippen molar-refractivity contribution in [1.82, 2.24) is 15.3 Å². The molecule has 2 heterocycles. The predicted molar refractivity (Wildman–Crippen MR) is 85.4 cm³/mol. The molecule has 1 aromatic heterocycles. The molecule has 0 bridgehead atoms. The third-order valence-electron chi connectivity index (χ3n) is 3.70. The Hall–Kier alpha value is -1.20. The number of ether oxygens (including phenoxy) is 1. The Kier molecular flexibility index (Phi) is 6.39. The number of rotatable bonds is 7. The molecule has 2 rings (SSSR count). The zero-order chi connectivity index (χ0) is 15.1. The van der Waals surface area contributed by atoms with Gasteiger partial charge in [-0.05, 0) is 32.2 Å². The summed E-state index contributed by atoms with van der Waals surface area (Å²) < 4.78 is 5.67. The highest BCUT2D eigenvalue weighted by atomic mass is 16.5. The van der Waals surface area contributed by atoms with Gasteiger partial charge < -0.3 is 15.0 Å². The maximum Gasteiger partial charge on any atom is 0.225 e. The minimum absolute atomic E-state index is 0.408. The average Bonchev–Trinajstić information content (AvgIpc) is 2.49. The van der Waals surface area contributed by atoms with Crippen LogP contribution in [0.25, 0.3) is 0 Å². The van der Waals surface area contributed by atoms with E-state index in [4.69, 9.17) is 4.74 Å². The Morgan fingerprint density at radius 3 is 2.52 bits per heavy atom. The molecule has 1 aliphatic heterocycles. The van der Waals surface area contributed by atoms with Crippen molar-refractivity contribution in [3.8, 4) is 0 Å². The summed E-state index contributed by atoms with van der Waals surface area (Å²) in [6.07, 6.45) is 6.41. The van der Waals surface area contributed by atoms with Crippen LogP contribution in [0, 0.1) is 5.92 Å². The highest BCUT2D eigenvalue weighted by Gasteiger charge is 2.20. The van der Waals surface area contributed by atoms with Crippen molar-refractivity contribution in [2.24, 2.45) is 5.92 Å². The van der Waals surface area contributed by atoms with Crippen molar-refractivity contribution in [2.45, 2.75) is 46.3 Å². The molecule has 1 fully saturated rings. The molecule has 0 spiro atoms. The van der Waals surface area contributed by atoms with Gasteiger partial charge in [-0.2, -0.15) is 0 Å². The molecule has 1 saturated heterocycles. The average molecular weight is 292 g/mol. The first kappa shape index (κ1) is 16.2. The molecule has 1 N–H and O–H groups in total. The number of hydrogen-bond acceptors (Lipinski definition) is 5. The number of hydrogen-bond donors (Lipinski definition) is 1. The van der Waals surface area contributed by atoms with Crippen LogP contribution >= 0.6 is 0 Å². The van der Waals surface area contributed by atoms with E-state index < -0.39 is 0 Å². The second-order valence-electron chi connectivity index (χ2n) is 6.06. The number of aromatic nitrogens is 2. The van der Waals surface area contributed by atoms with Gasteiger partial charge in [-0.15, -0.1) is 0 Å². The summed E-state index contributed by atoms with van der Waals surface area (Å²) in [5, 5.41) is 3.41. The van der Waals surface area contributed by atoms with Gasteiger partial charge in [0.25, 0.3) is 0 Å². The van der Waals surface area contributed by atoms with Gasteiger partial charge >= 0.3 is 0 Å². The van der Waals surface area contributed by atoms with Crippen molar-refractivity contribution in [2.75, 3.05) is 31.1 Å². The fraction of sp³-hybridized carbons (Fsp3) is 0.750. The Balaban J connectivity index is 1.79. The fourth-order valence-corrected chi connectivity index (χ4v) is 2.57. The summed E-state index contributed by atoms with van der Waals surface area (Å²) in [7, 11) is 0. The van der Waals surface area contributed by atoms with Crippen LogP contribution < -0.4 is 10.2 Å². The Labute approximate surface area is 128 Å². The van der Waals surface area contributed by atoms with Gasteiger partial charge in [0, 0.05) is 44.2 Å². The maximum absolute atomic E-state index is 5.67. The highest BCUT2D eigenvalue weighted by Crippen LogP contribution is 2.17. The third kappa shape index (κ3) is 5.25. The normalized spacial score (nSPS) is 16.7. The van der Waals surface area contributed by atoms with Crippen molar-refractivity contribution in [1.29, 1.82) is 0 Å². The van der Waals surface area contributed by atoms with Crippen LogP contribution in [0.15, 0.2) is 12.4 Å². The zero-order valence-corrected chi connectivity index (χ0v) is 13.5. The molecular formula is C16H28N4O. The molecule has 118 valence electrons. The lowest BCUT2D eigenvalue weighted by Crippen LogP contribution is -2.38. The first-order chi connectivity index (χ1) is 10.2. The maximum atomic E-state index is 5.67. The van der Waals surface area contributed by atoms with Crippen LogP contribution in [-0.2, 0) is 11.3 Å². The summed E-state index contributed by atoms with van der Waals surface area (Å²) >= 11 is 0. The van der Waals surface area contributed by atoms with Crippen molar-refractivity contribution in [3.63, 3.8) is 0 Å². The van der Waals surface area contributed by atoms with Crippen molar-refractivity contribution < 1.29 is 4.74 Å². The second kappa shape index (κ2) is 8.29. The molecule has 5 heteroatoms. The second-order valence-corrected chi connectivity index (χ2v) is 6.06. The third-order valence-corrected chi connectivity index (χ3v) is 3.70. The Morgan fingerprint density at radius 2 is 1.95 bits per heavy atom. The topological polar surface area (TPSA) is 50.3 Å². The van der Waals surface area contributed by atoms with Gasteiger partial charge in [0.05, 0.1) is 6.10 Å². The molecule has 0 amide bonds. The minimum atomic E-state index is 0.408. The van der Waals surface area contributed by atoms with Crippen LogP contribution in [0.2, 0.25) is 0 Å². The van der Waals surface area contributed by atoms with Crippen LogP contribution in [0.4, 0.5) is 5.95 Å². The number of piperidine rings is 1. The van der Waals surface area contributed by atoms with Crippen molar-refractivity contribution in [3.05, 3.63) is 18.0 Å². The minimum Gasteiger partial charge on any atom is -0.378 e. The van der Waals surface area contributed by atoms with E-state index in [0.717, 1.165) is 57.1 Å². The molecule has 5 nitrogen and oxygen atoms in total. The van der Waals surface area contributed by atoms with Crippen LogP contribution in [-0.4, -0.2) is 42.3 Å². The predicted octanol–water partition coefficient (Wildman–Crippen LogP) is 2.23. The molecule has 0 aromatic carbocycles. The molecule has 0 unspecified atom stereocenters. The summed E-state index contributed by atoms with van der Waals surface area (Å²) in [6, 6.07) is 0. The largest absolute Gasteiger partial charge is 0.378 e. The van der Waals surface area contributed by atoms with E-state index in [1.165, 1.54) is 0 Å². The number of nitrogens with zero attached hydrogens (tertiary/aromatic N) is 3. The van der Waals surface area contributed by atoms with Crippen LogP contribution in [0.5, 0.6) is 0 Å². The van der Waals surface area contributed by atoms with E-state index in [0.29, 0.717) is 12.0 Å². The lowest BCUT2D eigenvalue weighted by molar-refractivity contribution is 0.0457. The lowest BCUT2D eigenvalue weighted by atomic mass is 10.1. The monoisotopic (exact) mass is 292 g/mol. The number of anilines is 1. The molecule has 0 atom stereocenters. The van der Waals surface area contributed by atoms with Crippen molar-refractivity contribution >= 4 is 5.95 Å². The fourth-order valence-electron chi connectivity index (χ4n) is 2.57. The molecule has 0 aliphatic carbocycles. The molecule has 0 saturated carbocycles. The van der Waals surface area contributed by atoms with Gasteiger partial charge in [0.1, 0.15) is 0 Å². The molecule has 0 radical (unpaired) electrons. The first-order valence-electron chi connectivity index (χ1n) is 8.07. The van der Waals surface area contributed by atoms with Gasteiger partial charge in [-0.25, -0.2) is 9.97 Å². The van der Waals surface area contributed by atoms with Gasteiger partial charge in [-0.3, -0.25) is 0 Å². The summed E-state index contributed by atoms with van der Waals surface area (Å²) in [5.74, 6) is 1.51. The van der Waals surface area contributed by atoms with Gasteiger partial charge in [0.15, 0.2) is 0 Å². The Bertz CT molecular complexity index is 399. The summed E-state index contributed by atoms with van der Waals surface area (Å²) in [4.78, 5) is 11.3. The lowest BCUT2D eigenvalue weighted by Gasteiger charge is -2.31. The summed E-state index contributed by atoms with van der Waals surface area (Å²) in [6.45, 7) is 11.1. The standard InChI is InChI=1S/C16H28N4O/c1-4-21-15-5-7-20(8-6-15)16-18-11-14(12-19-16)10-17-9-13(2)3/h11-13,15,17H,4-10H2,1-3H3. The SMILES string of the molecule is CCOC1CCN(c2ncc(CNCC(C)C)cn2)CC1. The smallest absolute Gasteiger partial charge is 0.225 e. The van der Waals surface area contributed by atoms with Gasteiger partial charge in [-0.1, -0.05) is 13.8 Å². The van der Waals surface area contributed by atoms with E-state index in [2.05, 4.69) is 41.0 Å². The molecule has 1 aromatic rings. The van der Waals surface area contributed by atoms with E-state index >= 15 is 0 Å². The van der Waals surface area contributed by atoms with Crippen LogP contribution in [0.1, 0.15) is 39.2 Å². The van der Waals surface area contributed by atoms with E-state index in [1.807, 2.05) is 12.4 Å². The molecular weight excluding hydrogens is 264 g/mol. The molecule has 21 heavy (non-hydrogen) atoms. The van der Waals surface area contributed by atoms with Crippen LogP contribution in [0.3, 0.4) is 0 Å². The van der Waals surface area contributed by atoms with E-state index in [-0.39, 0.29) is 0 Å². The highest BCUT2D eigenvalue weighted by molar-refractivity contribution is 5.30. The quantitative estimate of drug-likeness (QED) is 0.835. The summed E-state index contributed by atoms with van der Waals surface area (Å²) in [5.41, 5.74) is 1.14.